The molecular formula is C27H33FN8O2. The zero-order valence-corrected chi connectivity index (χ0v) is 21.7. The number of halogens is 1. The van der Waals surface area contributed by atoms with E-state index in [1.54, 1.807) is 16.9 Å². The number of hydrogen-bond donors (Lipinski definition) is 2. The van der Waals surface area contributed by atoms with Crippen LogP contribution in [0.3, 0.4) is 0 Å². The molecule has 1 fully saturated rings. The van der Waals surface area contributed by atoms with Crippen molar-refractivity contribution in [3.63, 3.8) is 0 Å². The molecule has 3 aromatic heterocycles. The van der Waals surface area contributed by atoms with Gasteiger partial charge in [0, 0.05) is 62.7 Å². The number of primary amides is 1. The maximum atomic E-state index is 15.1. The van der Waals surface area contributed by atoms with E-state index in [9.17, 15) is 9.90 Å². The summed E-state index contributed by atoms with van der Waals surface area (Å²) in [5.74, 6) is 0.108. The summed E-state index contributed by atoms with van der Waals surface area (Å²) < 4.78 is 18.9. The fourth-order valence-electron chi connectivity index (χ4n) is 5.23. The molecule has 2 unspecified atom stereocenters. The van der Waals surface area contributed by atoms with Crippen molar-refractivity contribution < 1.29 is 14.3 Å². The number of β-amino-alcohol motifs (C(OH)–C–C–N with tert-alkyl or cyclic N) is 1. The van der Waals surface area contributed by atoms with E-state index in [1.807, 2.05) is 58.9 Å². The number of benzene rings is 1. The second kappa shape index (κ2) is 10.9. The molecule has 2 atom stereocenters. The van der Waals surface area contributed by atoms with Crippen LogP contribution in [0.2, 0.25) is 0 Å². The molecule has 0 bridgehead atoms. The summed E-state index contributed by atoms with van der Waals surface area (Å²) >= 11 is 0. The highest BCUT2D eigenvalue weighted by Gasteiger charge is 2.29. The van der Waals surface area contributed by atoms with Crippen molar-refractivity contribution in [1.29, 1.82) is 0 Å². The number of hydrogen-bond acceptors (Lipinski definition) is 7. The van der Waals surface area contributed by atoms with Gasteiger partial charge in [-0.2, -0.15) is 5.10 Å². The van der Waals surface area contributed by atoms with Crippen molar-refractivity contribution in [2.45, 2.75) is 32.5 Å². The number of nitrogens with two attached hydrogens (primary N) is 1. The Labute approximate surface area is 220 Å². The standard InChI is InChI=1S/C27H33FN8O2/c1-3-35(13-19-5-4-18(10-23(19)28)21-11-32-33(2)12-21)26-22-7-9-36(27(22)31-17-30-26)14-20-6-8-34(15-24(20)37)16-25(29)38/h4-5,7,9-12,17,20,24,37H,3,6,8,13-16H2,1-2H3,(H2,29,38). The van der Waals surface area contributed by atoms with E-state index in [0.717, 1.165) is 34.4 Å². The number of carbonyl (C=O) groups is 1. The van der Waals surface area contributed by atoms with Crippen LogP contribution < -0.4 is 10.6 Å². The van der Waals surface area contributed by atoms with Crippen LogP contribution >= 0.6 is 0 Å². The molecule has 38 heavy (non-hydrogen) atoms. The van der Waals surface area contributed by atoms with Crippen LogP contribution in [-0.2, 0) is 24.9 Å². The first-order valence-electron chi connectivity index (χ1n) is 12.8. The lowest BCUT2D eigenvalue weighted by Gasteiger charge is -2.35. The lowest BCUT2D eigenvalue weighted by molar-refractivity contribution is -0.120. The lowest BCUT2D eigenvalue weighted by atomic mass is 9.93. The summed E-state index contributed by atoms with van der Waals surface area (Å²) in [5, 5.41) is 15.7. The maximum Gasteiger partial charge on any atom is 0.231 e. The number of rotatable bonds is 9. The van der Waals surface area contributed by atoms with E-state index in [2.05, 4.69) is 15.1 Å². The van der Waals surface area contributed by atoms with Crippen LogP contribution in [0.5, 0.6) is 0 Å². The van der Waals surface area contributed by atoms with Gasteiger partial charge >= 0.3 is 0 Å². The Bertz CT molecular complexity index is 1430. The summed E-state index contributed by atoms with van der Waals surface area (Å²) in [6, 6.07) is 7.25. The average Bonchev–Trinajstić information content (AvgIpc) is 3.51. The molecule has 0 radical (unpaired) electrons. The Hall–Kier alpha value is -3.83. The topological polar surface area (TPSA) is 118 Å². The van der Waals surface area contributed by atoms with Crippen LogP contribution in [0, 0.1) is 11.7 Å². The molecule has 1 aliphatic heterocycles. The Morgan fingerprint density at radius 2 is 2.11 bits per heavy atom. The first-order chi connectivity index (χ1) is 18.3. The number of aliphatic hydroxyl groups is 1. The molecule has 4 heterocycles. The van der Waals surface area contributed by atoms with Crippen molar-refractivity contribution in [3.05, 3.63) is 60.6 Å². The minimum atomic E-state index is -0.563. The number of piperidine rings is 1. The lowest BCUT2D eigenvalue weighted by Crippen LogP contribution is -2.47. The fraction of sp³-hybridized carbons (Fsp3) is 0.407. The summed E-state index contributed by atoms with van der Waals surface area (Å²) in [7, 11) is 1.83. The highest BCUT2D eigenvalue weighted by atomic mass is 19.1. The molecule has 11 heteroatoms. The smallest absolute Gasteiger partial charge is 0.231 e. The van der Waals surface area contributed by atoms with Gasteiger partial charge in [0.2, 0.25) is 5.91 Å². The Balaban J connectivity index is 1.33. The third kappa shape index (κ3) is 5.39. The van der Waals surface area contributed by atoms with E-state index >= 15 is 4.39 Å². The Morgan fingerprint density at radius 3 is 2.79 bits per heavy atom. The van der Waals surface area contributed by atoms with Crippen molar-refractivity contribution in [3.8, 4) is 11.1 Å². The molecule has 0 spiro atoms. The van der Waals surface area contributed by atoms with Crippen molar-refractivity contribution in [2.24, 2.45) is 18.7 Å². The van der Waals surface area contributed by atoms with Crippen LogP contribution in [0.15, 0.2) is 49.2 Å². The summed E-state index contributed by atoms with van der Waals surface area (Å²) in [6.07, 6.45) is 7.26. The van der Waals surface area contributed by atoms with Gasteiger partial charge < -0.3 is 20.3 Å². The second-order valence-electron chi connectivity index (χ2n) is 9.94. The van der Waals surface area contributed by atoms with Crippen LogP contribution in [0.25, 0.3) is 22.2 Å². The van der Waals surface area contributed by atoms with Gasteiger partial charge in [0.25, 0.3) is 0 Å². The first-order valence-corrected chi connectivity index (χ1v) is 12.8. The Morgan fingerprint density at radius 1 is 1.26 bits per heavy atom. The van der Waals surface area contributed by atoms with Gasteiger partial charge in [-0.3, -0.25) is 14.4 Å². The molecule has 5 rings (SSSR count). The zero-order chi connectivity index (χ0) is 26.8. The van der Waals surface area contributed by atoms with Gasteiger partial charge in [-0.25, -0.2) is 14.4 Å². The number of amides is 1. The van der Waals surface area contributed by atoms with E-state index in [0.29, 0.717) is 38.3 Å². The number of aliphatic hydroxyl groups excluding tert-OH is 1. The number of fused-ring (bicyclic) bond motifs is 1. The van der Waals surface area contributed by atoms with Crippen LogP contribution in [0.1, 0.15) is 18.9 Å². The van der Waals surface area contributed by atoms with Crippen molar-refractivity contribution in [1.82, 2.24) is 29.2 Å². The minimum absolute atomic E-state index is 0.0304. The molecule has 3 N–H and O–H groups in total. The number of nitrogens with zero attached hydrogens (tertiary/aromatic N) is 7. The van der Waals surface area contributed by atoms with Crippen LogP contribution in [0.4, 0.5) is 10.2 Å². The van der Waals surface area contributed by atoms with Crippen molar-refractivity contribution in [2.75, 3.05) is 31.1 Å². The third-order valence-corrected chi connectivity index (χ3v) is 7.28. The largest absolute Gasteiger partial charge is 0.391 e. The summed E-state index contributed by atoms with van der Waals surface area (Å²) in [6.45, 7) is 4.90. The first kappa shape index (κ1) is 25.8. The Kier molecular flexibility index (Phi) is 7.39. The molecule has 0 saturated carbocycles. The number of aryl methyl sites for hydroxylation is 1. The van der Waals surface area contributed by atoms with Crippen molar-refractivity contribution >= 4 is 22.8 Å². The van der Waals surface area contributed by atoms with E-state index in [4.69, 9.17) is 5.73 Å². The van der Waals surface area contributed by atoms with E-state index < -0.39 is 6.10 Å². The quantitative estimate of drug-likeness (QED) is 0.347. The highest BCUT2D eigenvalue weighted by molar-refractivity contribution is 5.87. The number of likely N-dealkylation sites (tertiary alicyclic amines) is 1. The number of aromatic nitrogens is 5. The molecule has 1 saturated heterocycles. The van der Waals surface area contributed by atoms with Gasteiger partial charge in [-0.05, 0) is 37.6 Å². The molecule has 0 aliphatic carbocycles. The highest BCUT2D eigenvalue weighted by Crippen LogP contribution is 2.29. The molecule has 1 aromatic carbocycles. The summed E-state index contributed by atoms with van der Waals surface area (Å²) in [4.78, 5) is 24.2. The third-order valence-electron chi connectivity index (χ3n) is 7.28. The predicted octanol–water partition coefficient (Wildman–Crippen LogP) is 2.17. The second-order valence-corrected chi connectivity index (χ2v) is 9.94. The molecular weight excluding hydrogens is 487 g/mol. The minimum Gasteiger partial charge on any atom is -0.391 e. The fourth-order valence-corrected chi connectivity index (χ4v) is 5.23. The predicted molar refractivity (Wildman–Crippen MR) is 143 cm³/mol. The van der Waals surface area contributed by atoms with E-state index in [1.165, 1.54) is 6.33 Å². The van der Waals surface area contributed by atoms with Gasteiger partial charge in [0.1, 0.15) is 23.6 Å². The molecule has 4 aromatic rings. The average molecular weight is 521 g/mol. The van der Waals surface area contributed by atoms with Gasteiger partial charge in [-0.1, -0.05) is 12.1 Å². The molecule has 1 amide bonds. The van der Waals surface area contributed by atoms with Gasteiger partial charge in [0.05, 0.1) is 24.2 Å². The monoisotopic (exact) mass is 520 g/mol. The normalized spacial score (nSPS) is 18.2. The SMILES string of the molecule is CCN(Cc1ccc(-c2cnn(C)c2)cc1F)c1ncnc2c1ccn2CC1CCN(CC(N)=O)CC1O. The molecule has 200 valence electrons. The molecule has 10 nitrogen and oxygen atoms in total. The van der Waals surface area contributed by atoms with Gasteiger partial charge in [0.15, 0.2) is 0 Å². The maximum absolute atomic E-state index is 15.1. The zero-order valence-electron chi connectivity index (χ0n) is 21.7. The molecule has 1 aliphatic rings. The van der Waals surface area contributed by atoms with Gasteiger partial charge in [-0.15, -0.1) is 0 Å². The summed E-state index contributed by atoms with van der Waals surface area (Å²) in [5.41, 5.74) is 8.31. The number of carbonyl (C=O) groups excluding carboxylic acids is 1. The van der Waals surface area contributed by atoms with E-state index in [-0.39, 0.29) is 24.2 Å². The number of anilines is 1. The van der Waals surface area contributed by atoms with Crippen LogP contribution in [-0.4, -0.2) is 72.5 Å².